The van der Waals surface area contributed by atoms with E-state index in [4.69, 9.17) is 0 Å². The van der Waals surface area contributed by atoms with Crippen molar-refractivity contribution in [1.82, 2.24) is 0 Å². The zero-order valence-corrected chi connectivity index (χ0v) is 10.0. The van der Waals surface area contributed by atoms with Gasteiger partial charge in [-0.2, -0.15) is 0 Å². The number of aliphatic hydroxyl groups is 1. The maximum absolute atomic E-state index is 9.53. The maximum Gasteiger partial charge on any atom is 0.0577 e. The van der Waals surface area contributed by atoms with Gasteiger partial charge < -0.3 is 5.11 Å². The van der Waals surface area contributed by atoms with Crippen LogP contribution >= 0.6 is 0 Å². The first kappa shape index (κ1) is 12.3. The lowest BCUT2D eigenvalue weighted by molar-refractivity contribution is 0.171. The van der Waals surface area contributed by atoms with E-state index in [2.05, 4.69) is 38.1 Å². The van der Waals surface area contributed by atoms with Crippen molar-refractivity contribution < 1.29 is 5.11 Å². The van der Waals surface area contributed by atoms with Gasteiger partial charge in [-0.25, -0.2) is 0 Å². The predicted molar refractivity (Wildman–Crippen MR) is 65.0 cm³/mol. The average Bonchev–Trinajstić information content (AvgIpc) is 2.20. The second-order valence-corrected chi connectivity index (χ2v) is 4.68. The minimum absolute atomic E-state index is 0.194. The molecule has 0 saturated heterocycles. The summed E-state index contributed by atoms with van der Waals surface area (Å²) in [5.74, 6) is 0.706. The van der Waals surface area contributed by atoms with Crippen LogP contribution in [0.25, 0.3) is 0 Å². The normalized spacial score (nSPS) is 13.1. The molecule has 0 aliphatic heterocycles. The Kier molecular flexibility index (Phi) is 4.83. The molecule has 1 atom stereocenters. The fourth-order valence-corrected chi connectivity index (χ4v) is 1.70. The molecule has 0 spiro atoms. The monoisotopic (exact) mass is 206 g/mol. The third kappa shape index (κ3) is 4.48. The van der Waals surface area contributed by atoms with Crippen LogP contribution in [-0.4, -0.2) is 11.2 Å². The molecule has 15 heavy (non-hydrogen) atoms. The van der Waals surface area contributed by atoms with E-state index >= 15 is 0 Å². The summed E-state index contributed by atoms with van der Waals surface area (Å²) >= 11 is 0. The summed E-state index contributed by atoms with van der Waals surface area (Å²) in [6, 6.07) is 8.63. The topological polar surface area (TPSA) is 20.2 Å². The number of rotatable bonds is 5. The van der Waals surface area contributed by atoms with Crippen LogP contribution in [0.1, 0.15) is 38.3 Å². The van der Waals surface area contributed by atoms with Crippen molar-refractivity contribution >= 4 is 0 Å². The minimum atomic E-state index is -0.194. The van der Waals surface area contributed by atoms with E-state index in [9.17, 15) is 5.11 Å². The second kappa shape index (κ2) is 5.92. The van der Waals surface area contributed by atoms with E-state index in [0.717, 1.165) is 19.3 Å². The molecule has 1 nitrogen and oxygen atoms in total. The van der Waals surface area contributed by atoms with Crippen molar-refractivity contribution in [3.63, 3.8) is 0 Å². The van der Waals surface area contributed by atoms with Crippen molar-refractivity contribution in [3.8, 4) is 0 Å². The minimum Gasteiger partial charge on any atom is -0.393 e. The highest BCUT2D eigenvalue weighted by Crippen LogP contribution is 2.11. The van der Waals surface area contributed by atoms with Gasteiger partial charge in [0.2, 0.25) is 0 Å². The van der Waals surface area contributed by atoms with Crippen molar-refractivity contribution in [3.05, 3.63) is 35.4 Å². The van der Waals surface area contributed by atoms with Crippen LogP contribution in [-0.2, 0) is 12.8 Å². The van der Waals surface area contributed by atoms with Gasteiger partial charge >= 0.3 is 0 Å². The van der Waals surface area contributed by atoms with Crippen molar-refractivity contribution in [2.75, 3.05) is 0 Å². The first-order valence-electron chi connectivity index (χ1n) is 5.87. The quantitative estimate of drug-likeness (QED) is 0.784. The van der Waals surface area contributed by atoms with Gasteiger partial charge in [-0.3, -0.25) is 0 Å². The van der Waals surface area contributed by atoms with Crippen LogP contribution in [0.5, 0.6) is 0 Å². The zero-order valence-electron chi connectivity index (χ0n) is 10.0. The second-order valence-electron chi connectivity index (χ2n) is 4.68. The molecule has 84 valence electrons. The van der Waals surface area contributed by atoms with Crippen LogP contribution in [0.3, 0.4) is 0 Å². The van der Waals surface area contributed by atoms with Gasteiger partial charge in [-0.1, -0.05) is 45.0 Å². The average molecular weight is 206 g/mol. The Hall–Kier alpha value is -0.820. The lowest BCUT2D eigenvalue weighted by Gasteiger charge is -2.09. The van der Waals surface area contributed by atoms with Crippen molar-refractivity contribution in [1.29, 1.82) is 0 Å². The number of benzene rings is 1. The Labute approximate surface area is 93.1 Å². The largest absolute Gasteiger partial charge is 0.393 e. The molecule has 1 aromatic carbocycles. The lowest BCUT2D eigenvalue weighted by atomic mass is 9.99. The Morgan fingerprint density at radius 2 is 1.47 bits per heavy atom. The van der Waals surface area contributed by atoms with Crippen molar-refractivity contribution in [2.24, 2.45) is 5.92 Å². The fourth-order valence-electron chi connectivity index (χ4n) is 1.70. The Bertz CT molecular complexity index is 274. The maximum atomic E-state index is 9.53. The highest BCUT2D eigenvalue weighted by molar-refractivity contribution is 5.23. The van der Waals surface area contributed by atoms with E-state index in [1.54, 1.807) is 0 Å². The number of aliphatic hydroxyl groups excluding tert-OH is 1. The Morgan fingerprint density at radius 1 is 1.00 bits per heavy atom. The summed E-state index contributed by atoms with van der Waals surface area (Å²) in [5.41, 5.74) is 2.62. The van der Waals surface area contributed by atoms with Gasteiger partial charge in [-0.15, -0.1) is 0 Å². The standard InChI is InChI=1S/C14H22O/c1-4-14(15)10-13-7-5-12(6-8-13)9-11(2)3/h5-8,11,14-15H,4,9-10H2,1-3H3/t14-/m0/s1. The Balaban J connectivity index is 2.56. The first-order valence-corrected chi connectivity index (χ1v) is 5.87. The fraction of sp³-hybridized carbons (Fsp3) is 0.571. The molecule has 0 fully saturated rings. The van der Waals surface area contributed by atoms with Gasteiger partial charge in [0.25, 0.3) is 0 Å². The van der Waals surface area contributed by atoms with E-state index in [1.807, 2.05) is 6.92 Å². The molecular weight excluding hydrogens is 184 g/mol. The molecule has 1 N–H and O–H groups in total. The van der Waals surface area contributed by atoms with Crippen molar-refractivity contribution in [2.45, 2.75) is 46.1 Å². The SMILES string of the molecule is CC[C@H](O)Cc1ccc(CC(C)C)cc1. The third-order valence-corrected chi connectivity index (χ3v) is 2.61. The third-order valence-electron chi connectivity index (χ3n) is 2.61. The van der Waals surface area contributed by atoms with Crippen LogP contribution in [0.2, 0.25) is 0 Å². The molecule has 0 saturated carbocycles. The molecule has 0 amide bonds. The van der Waals surface area contributed by atoms with Crippen LogP contribution < -0.4 is 0 Å². The number of hydrogen-bond donors (Lipinski definition) is 1. The van der Waals surface area contributed by atoms with Gasteiger partial charge in [0.15, 0.2) is 0 Å². The smallest absolute Gasteiger partial charge is 0.0577 e. The Morgan fingerprint density at radius 3 is 1.87 bits per heavy atom. The van der Waals surface area contributed by atoms with E-state index < -0.39 is 0 Å². The summed E-state index contributed by atoms with van der Waals surface area (Å²) in [6.07, 6.45) is 2.55. The summed E-state index contributed by atoms with van der Waals surface area (Å²) in [7, 11) is 0. The lowest BCUT2D eigenvalue weighted by Crippen LogP contribution is -2.08. The predicted octanol–water partition coefficient (Wildman–Crippen LogP) is 3.20. The highest BCUT2D eigenvalue weighted by atomic mass is 16.3. The zero-order chi connectivity index (χ0) is 11.3. The van der Waals surface area contributed by atoms with Gasteiger partial charge in [-0.05, 0) is 36.3 Å². The highest BCUT2D eigenvalue weighted by Gasteiger charge is 2.03. The van der Waals surface area contributed by atoms with Crippen LogP contribution in [0.15, 0.2) is 24.3 Å². The molecule has 0 unspecified atom stereocenters. The molecule has 1 heteroatoms. The molecule has 0 aliphatic carbocycles. The summed E-state index contributed by atoms with van der Waals surface area (Å²) in [6.45, 7) is 6.47. The summed E-state index contributed by atoms with van der Waals surface area (Å²) in [4.78, 5) is 0. The van der Waals surface area contributed by atoms with E-state index in [1.165, 1.54) is 11.1 Å². The first-order chi connectivity index (χ1) is 7.11. The van der Waals surface area contributed by atoms with Gasteiger partial charge in [0, 0.05) is 0 Å². The van der Waals surface area contributed by atoms with Gasteiger partial charge in [0.05, 0.1) is 6.10 Å². The molecule has 0 aromatic heterocycles. The van der Waals surface area contributed by atoms with Crippen LogP contribution in [0, 0.1) is 5.92 Å². The molecule has 0 radical (unpaired) electrons. The molecule has 0 bridgehead atoms. The number of hydrogen-bond acceptors (Lipinski definition) is 1. The van der Waals surface area contributed by atoms with Gasteiger partial charge in [0.1, 0.15) is 0 Å². The van der Waals surface area contributed by atoms with Crippen LogP contribution in [0.4, 0.5) is 0 Å². The molecular formula is C14H22O. The van der Waals surface area contributed by atoms with E-state index in [-0.39, 0.29) is 6.10 Å². The molecule has 0 aliphatic rings. The summed E-state index contributed by atoms with van der Waals surface area (Å²) < 4.78 is 0. The molecule has 1 rings (SSSR count). The molecule has 1 aromatic rings. The molecule has 0 heterocycles. The summed E-state index contributed by atoms with van der Waals surface area (Å²) in [5, 5.41) is 9.53. The van der Waals surface area contributed by atoms with E-state index in [0.29, 0.717) is 5.92 Å².